The Hall–Kier alpha value is -0.640. The first-order chi connectivity index (χ1) is 10.6. The number of rotatable bonds is 1. The minimum atomic E-state index is -0.791. The summed E-state index contributed by atoms with van der Waals surface area (Å²) >= 11 is 0. The van der Waals surface area contributed by atoms with E-state index >= 15 is 0 Å². The van der Waals surface area contributed by atoms with Crippen molar-refractivity contribution in [3.05, 3.63) is 23.3 Å². The first-order valence-electron chi connectivity index (χ1n) is 9.07. The highest BCUT2D eigenvalue weighted by Gasteiger charge is 2.52. The molecule has 2 fully saturated rings. The molecule has 2 heterocycles. The van der Waals surface area contributed by atoms with Crippen molar-refractivity contribution in [1.82, 2.24) is 0 Å². The zero-order chi connectivity index (χ0) is 16.9. The first kappa shape index (κ1) is 17.2. The smallest absolute Gasteiger partial charge is 0.106 e. The molecule has 2 aliphatic heterocycles. The van der Waals surface area contributed by atoms with Gasteiger partial charge in [-0.05, 0) is 78.7 Å². The monoisotopic (exact) mass is 320 g/mol. The minimum absolute atomic E-state index is 0.0115. The molecule has 3 rings (SSSR count). The molecule has 3 heteroatoms. The molecule has 0 aromatic rings. The van der Waals surface area contributed by atoms with Gasteiger partial charge in [0, 0.05) is 0 Å². The van der Waals surface area contributed by atoms with Crippen LogP contribution in [0, 0.1) is 0 Å². The number of ether oxygens (including phenoxy) is 2. The topological polar surface area (TPSA) is 45.3 Å². The van der Waals surface area contributed by atoms with E-state index in [1.807, 2.05) is 13.8 Å². The average molecular weight is 320 g/mol. The lowest BCUT2D eigenvalue weighted by molar-refractivity contribution is 0.113. The van der Waals surface area contributed by atoms with Crippen LogP contribution >= 0.6 is 0 Å². The maximum Gasteiger partial charge on any atom is 0.106 e. The molecule has 0 spiro atoms. The van der Waals surface area contributed by atoms with Crippen LogP contribution in [0.25, 0.3) is 0 Å². The van der Waals surface area contributed by atoms with E-state index in [4.69, 9.17) is 9.47 Å². The minimum Gasteiger partial charge on any atom is -0.386 e. The van der Waals surface area contributed by atoms with Crippen molar-refractivity contribution in [2.75, 3.05) is 0 Å². The van der Waals surface area contributed by atoms with Gasteiger partial charge in [0.25, 0.3) is 0 Å². The zero-order valence-corrected chi connectivity index (χ0v) is 15.3. The lowest BCUT2D eigenvalue weighted by Gasteiger charge is -2.23. The van der Waals surface area contributed by atoms with Crippen LogP contribution in [0.3, 0.4) is 0 Å². The molecule has 2 saturated heterocycles. The Bertz CT molecular complexity index is 527. The molecular weight excluding hydrogens is 288 g/mol. The van der Waals surface area contributed by atoms with E-state index in [1.165, 1.54) is 5.57 Å². The van der Waals surface area contributed by atoms with Crippen LogP contribution in [0.1, 0.15) is 73.1 Å². The largest absolute Gasteiger partial charge is 0.386 e. The van der Waals surface area contributed by atoms with Gasteiger partial charge >= 0.3 is 0 Å². The molecule has 0 amide bonds. The summed E-state index contributed by atoms with van der Waals surface area (Å²) in [5, 5.41) is 10.5. The third-order valence-corrected chi connectivity index (χ3v) is 5.94. The van der Waals surface area contributed by atoms with Gasteiger partial charge in [-0.15, -0.1) is 0 Å². The Morgan fingerprint density at radius 1 is 1.13 bits per heavy atom. The lowest BCUT2D eigenvalue weighted by Crippen LogP contribution is -2.25. The fourth-order valence-corrected chi connectivity index (χ4v) is 3.77. The third-order valence-electron chi connectivity index (χ3n) is 5.94. The lowest BCUT2D eigenvalue weighted by atomic mass is 9.86. The molecule has 0 aromatic carbocycles. The Morgan fingerprint density at radius 3 is 2.57 bits per heavy atom. The second-order valence-corrected chi connectivity index (χ2v) is 8.65. The van der Waals surface area contributed by atoms with Gasteiger partial charge in [0.05, 0.1) is 22.9 Å². The summed E-state index contributed by atoms with van der Waals surface area (Å²) in [6.07, 6.45) is 11.2. The van der Waals surface area contributed by atoms with Crippen molar-refractivity contribution >= 4 is 0 Å². The van der Waals surface area contributed by atoms with Crippen LogP contribution in [0.5, 0.6) is 0 Å². The van der Waals surface area contributed by atoms with Gasteiger partial charge < -0.3 is 14.6 Å². The summed E-state index contributed by atoms with van der Waals surface area (Å²) in [4.78, 5) is 0. The quantitative estimate of drug-likeness (QED) is 0.579. The van der Waals surface area contributed by atoms with Crippen molar-refractivity contribution < 1.29 is 14.6 Å². The number of fused-ring (bicyclic) bond motifs is 2. The maximum absolute atomic E-state index is 10.5. The van der Waals surface area contributed by atoms with Crippen LogP contribution < -0.4 is 0 Å². The Labute approximate surface area is 140 Å². The van der Waals surface area contributed by atoms with Crippen molar-refractivity contribution in [1.29, 1.82) is 0 Å². The highest BCUT2D eigenvalue weighted by atomic mass is 16.6. The number of allylic oxidation sites excluding steroid dienone is 2. The van der Waals surface area contributed by atoms with E-state index in [1.54, 1.807) is 0 Å². The predicted molar refractivity (Wildman–Crippen MR) is 92.4 cm³/mol. The van der Waals surface area contributed by atoms with E-state index in [-0.39, 0.29) is 17.3 Å². The number of hydrogen-bond acceptors (Lipinski definition) is 3. The van der Waals surface area contributed by atoms with Gasteiger partial charge in [-0.1, -0.05) is 17.7 Å². The van der Waals surface area contributed by atoms with Crippen LogP contribution in [0.15, 0.2) is 23.3 Å². The van der Waals surface area contributed by atoms with Crippen molar-refractivity contribution in [2.24, 2.45) is 0 Å². The number of hydrogen-bond donors (Lipinski definition) is 1. The normalized spacial score (nSPS) is 46.3. The molecule has 0 saturated carbocycles. The molecule has 23 heavy (non-hydrogen) atoms. The Balaban J connectivity index is 1.78. The molecule has 1 aliphatic carbocycles. The highest BCUT2D eigenvalue weighted by Crippen LogP contribution is 2.47. The fourth-order valence-electron chi connectivity index (χ4n) is 3.77. The van der Waals surface area contributed by atoms with Crippen LogP contribution in [0.4, 0.5) is 0 Å². The van der Waals surface area contributed by atoms with Gasteiger partial charge in [0.15, 0.2) is 0 Å². The van der Waals surface area contributed by atoms with Gasteiger partial charge in [-0.2, -0.15) is 0 Å². The molecule has 4 atom stereocenters. The zero-order valence-electron chi connectivity index (χ0n) is 15.3. The molecule has 0 bridgehead atoms. The van der Waals surface area contributed by atoms with Crippen LogP contribution in [0.2, 0.25) is 0 Å². The molecule has 0 aromatic heterocycles. The van der Waals surface area contributed by atoms with E-state index in [2.05, 4.69) is 32.9 Å². The molecule has 3 aliphatic rings. The fraction of sp³-hybridized carbons (Fsp3) is 0.800. The SMILES string of the molecule is C/C1=C/CC[C@@]2(C)O[C@@H]2/C=C(/C(C)(C)O)CC[C@@]2(C)O[C@@H]2CC1. The molecular formula is C20H32O3. The summed E-state index contributed by atoms with van der Waals surface area (Å²) in [5.41, 5.74) is 1.70. The third kappa shape index (κ3) is 3.89. The molecule has 130 valence electrons. The average Bonchev–Trinajstić information content (AvgIpc) is 3.27. The van der Waals surface area contributed by atoms with E-state index in [9.17, 15) is 5.11 Å². The van der Waals surface area contributed by atoms with E-state index in [0.717, 1.165) is 44.1 Å². The Kier molecular flexibility index (Phi) is 4.27. The molecule has 3 nitrogen and oxygen atoms in total. The second-order valence-electron chi connectivity index (χ2n) is 8.65. The molecule has 1 N–H and O–H groups in total. The maximum atomic E-state index is 10.5. The summed E-state index contributed by atoms with van der Waals surface area (Å²) in [7, 11) is 0. The first-order valence-corrected chi connectivity index (χ1v) is 9.07. The predicted octanol–water partition coefficient (Wildman–Crippen LogP) is 4.30. The van der Waals surface area contributed by atoms with Crippen LogP contribution in [-0.2, 0) is 9.47 Å². The highest BCUT2D eigenvalue weighted by molar-refractivity contribution is 5.23. The van der Waals surface area contributed by atoms with Gasteiger partial charge in [-0.25, -0.2) is 0 Å². The van der Waals surface area contributed by atoms with Crippen LogP contribution in [-0.4, -0.2) is 34.1 Å². The molecule has 0 unspecified atom stereocenters. The Morgan fingerprint density at radius 2 is 1.87 bits per heavy atom. The second kappa shape index (κ2) is 5.72. The van der Waals surface area contributed by atoms with Crippen molar-refractivity contribution in [3.8, 4) is 0 Å². The summed E-state index contributed by atoms with van der Waals surface area (Å²) < 4.78 is 11.9. The van der Waals surface area contributed by atoms with Gasteiger partial charge in [-0.3, -0.25) is 0 Å². The van der Waals surface area contributed by atoms with E-state index in [0.29, 0.717) is 6.10 Å². The number of aliphatic hydroxyl groups is 1. The summed E-state index contributed by atoms with van der Waals surface area (Å²) in [6, 6.07) is 0. The van der Waals surface area contributed by atoms with Gasteiger partial charge in [0.2, 0.25) is 0 Å². The molecule has 0 radical (unpaired) electrons. The van der Waals surface area contributed by atoms with E-state index < -0.39 is 5.60 Å². The van der Waals surface area contributed by atoms with Crippen molar-refractivity contribution in [2.45, 2.75) is 102 Å². The summed E-state index contributed by atoms with van der Waals surface area (Å²) in [6.45, 7) is 10.4. The van der Waals surface area contributed by atoms with Gasteiger partial charge in [0.1, 0.15) is 6.10 Å². The standard InChI is InChI=1S/C20H32O3/c1-14-7-6-11-19(4)17(23-19)13-15(18(2,3)21)10-12-20(5)16(22-20)9-8-14/h7,13,16-17,21H,6,8-12H2,1-5H3/b14-7-,15-13+/t16-,17-,19-,20-/m1/s1. The number of epoxide rings is 2. The van der Waals surface area contributed by atoms with Crippen molar-refractivity contribution in [3.63, 3.8) is 0 Å². The summed E-state index contributed by atoms with van der Waals surface area (Å²) in [5.74, 6) is 0.